The topological polar surface area (TPSA) is 46.2 Å². The van der Waals surface area contributed by atoms with E-state index in [9.17, 15) is 8.42 Å². The minimum Gasteiger partial charge on any atom is -0.212 e. The van der Waals surface area contributed by atoms with Crippen molar-refractivity contribution in [1.82, 2.24) is 4.72 Å². The van der Waals surface area contributed by atoms with Crippen LogP contribution in [0.25, 0.3) is 0 Å². The second-order valence-corrected chi connectivity index (χ2v) is 7.47. The van der Waals surface area contributed by atoms with Crippen LogP contribution in [0.4, 0.5) is 0 Å². The van der Waals surface area contributed by atoms with Crippen molar-refractivity contribution < 1.29 is 8.42 Å². The van der Waals surface area contributed by atoms with Crippen molar-refractivity contribution in [2.24, 2.45) is 0 Å². The maximum atomic E-state index is 11.8. The lowest BCUT2D eigenvalue weighted by Crippen LogP contribution is -2.52. The van der Waals surface area contributed by atoms with Crippen LogP contribution < -0.4 is 4.72 Å². The molecule has 3 nitrogen and oxygen atoms in total. The highest BCUT2D eigenvalue weighted by molar-refractivity contribution is 9.09. The van der Waals surface area contributed by atoms with Gasteiger partial charge in [-0.05, 0) is 26.7 Å². The fourth-order valence-corrected chi connectivity index (χ4v) is 3.91. The van der Waals surface area contributed by atoms with E-state index >= 15 is 0 Å². The van der Waals surface area contributed by atoms with Crippen LogP contribution in [0.3, 0.4) is 0 Å². The van der Waals surface area contributed by atoms with Crippen molar-refractivity contribution in [1.29, 1.82) is 0 Å². The zero-order valence-corrected chi connectivity index (χ0v) is 11.8. The molecule has 0 aromatic carbocycles. The van der Waals surface area contributed by atoms with Gasteiger partial charge in [-0.2, -0.15) is 0 Å². The number of alkyl halides is 1. The van der Waals surface area contributed by atoms with Crippen molar-refractivity contribution in [3.8, 4) is 0 Å². The molecule has 1 aliphatic rings. The third-order valence-electron chi connectivity index (χ3n) is 3.05. The number of hydrogen-bond donors (Lipinski definition) is 1. The molecule has 0 radical (unpaired) electrons. The van der Waals surface area contributed by atoms with E-state index in [4.69, 9.17) is 0 Å². The SMILES string of the molecule is CC(C)S(=O)(=O)NC1(CBr)CCCCC1. The number of rotatable bonds is 4. The summed E-state index contributed by atoms with van der Waals surface area (Å²) in [6, 6.07) is 0. The summed E-state index contributed by atoms with van der Waals surface area (Å²) in [5, 5.41) is 0.363. The van der Waals surface area contributed by atoms with Crippen LogP contribution in [0, 0.1) is 0 Å². The van der Waals surface area contributed by atoms with Gasteiger partial charge in [0.1, 0.15) is 0 Å². The fourth-order valence-electron chi connectivity index (χ4n) is 1.91. The average Bonchev–Trinajstić information content (AvgIpc) is 2.18. The van der Waals surface area contributed by atoms with Gasteiger partial charge in [-0.1, -0.05) is 35.2 Å². The number of halogens is 1. The molecule has 1 rings (SSSR count). The normalized spacial score (nSPS) is 21.9. The predicted molar refractivity (Wildman–Crippen MR) is 66.8 cm³/mol. The fraction of sp³-hybridized carbons (Fsp3) is 1.00. The van der Waals surface area contributed by atoms with Gasteiger partial charge < -0.3 is 0 Å². The molecule has 1 saturated carbocycles. The number of sulfonamides is 1. The number of hydrogen-bond acceptors (Lipinski definition) is 2. The van der Waals surface area contributed by atoms with E-state index in [0.29, 0.717) is 5.33 Å². The second kappa shape index (κ2) is 5.15. The standard InChI is InChI=1S/C10H20BrNO2S/c1-9(2)15(13,14)12-10(8-11)6-4-3-5-7-10/h9,12H,3-8H2,1-2H3. The highest BCUT2D eigenvalue weighted by Crippen LogP contribution is 2.30. The van der Waals surface area contributed by atoms with E-state index in [-0.39, 0.29) is 10.8 Å². The molecule has 0 amide bonds. The van der Waals surface area contributed by atoms with Crippen LogP contribution in [0.15, 0.2) is 0 Å². The first-order valence-electron chi connectivity index (χ1n) is 5.51. The summed E-state index contributed by atoms with van der Waals surface area (Å²) in [5.41, 5.74) is -0.235. The molecule has 0 spiro atoms. The van der Waals surface area contributed by atoms with Crippen LogP contribution in [0.5, 0.6) is 0 Å². The molecule has 15 heavy (non-hydrogen) atoms. The Hall–Kier alpha value is 0.390. The maximum Gasteiger partial charge on any atom is 0.214 e. The van der Waals surface area contributed by atoms with Gasteiger partial charge in [0, 0.05) is 10.9 Å². The molecule has 0 unspecified atom stereocenters. The molecule has 1 N–H and O–H groups in total. The Morgan fingerprint density at radius 3 is 2.20 bits per heavy atom. The Labute approximate surface area is 101 Å². The Kier molecular flexibility index (Phi) is 4.62. The van der Waals surface area contributed by atoms with E-state index < -0.39 is 10.0 Å². The predicted octanol–water partition coefficient (Wildman–Crippen LogP) is 2.41. The van der Waals surface area contributed by atoms with Gasteiger partial charge >= 0.3 is 0 Å². The van der Waals surface area contributed by atoms with Crippen LogP contribution in [0.1, 0.15) is 46.0 Å². The van der Waals surface area contributed by atoms with Crippen LogP contribution in [-0.2, 0) is 10.0 Å². The summed E-state index contributed by atoms with van der Waals surface area (Å²) in [5.74, 6) is 0. The van der Waals surface area contributed by atoms with Crippen LogP contribution in [-0.4, -0.2) is 24.5 Å². The van der Waals surface area contributed by atoms with Gasteiger partial charge in [-0.3, -0.25) is 0 Å². The van der Waals surface area contributed by atoms with Gasteiger partial charge in [0.25, 0.3) is 0 Å². The third kappa shape index (κ3) is 3.43. The molecule has 0 saturated heterocycles. The first kappa shape index (κ1) is 13.5. The smallest absolute Gasteiger partial charge is 0.212 e. The Morgan fingerprint density at radius 2 is 1.80 bits per heavy atom. The van der Waals surface area contributed by atoms with Crippen LogP contribution >= 0.6 is 15.9 Å². The summed E-state index contributed by atoms with van der Waals surface area (Å²) in [4.78, 5) is 0. The van der Waals surface area contributed by atoms with Gasteiger partial charge in [0.15, 0.2) is 0 Å². The Morgan fingerprint density at radius 1 is 1.27 bits per heavy atom. The molecule has 1 aliphatic carbocycles. The van der Waals surface area contributed by atoms with Crippen molar-refractivity contribution in [2.75, 3.05) is 5.33 Å². The molecular weight excluding hydrogens is 278 g/mol. The molecule has 1 fully saturated rings. The molecule has 0 atom stereocenters. The van der Waals surface area contributed by atoms with Crippen LogP contribution in [0.2, 0.25) is 0 Å². The summed E-state index contributed by atoms with van der Waals surface area (Å²) < 4.78 is 26.5. The molecule has 90 valence electrons. The molecule has 0 bridgehead atoms. The molecule has 0 aromatic rings. The van der Waals surface area contributed by atoms with Crippen molar-refractivity contribution in [3.63, 3.8) is 0 Å². The van der Waals surface area contributed by atoms with Gasteiger partial charge in [0.2, 0.25) is 10.0 Å². The monoisotopic (exact) mass is 297 g/mol. The van der Waals surface area contributed by atoms with E-state index in [1.165, 1.54) is 6.42 Å². The first-order valence-corrected chi connectivity index (χ1v) is 8.17. The van der Waals surface area contributed by atoms with E-state index in [1.54, 1.807) is 13.8 Å². The maximum absolute atomic E-state index is 11.8. The zero-order chi connectivity index (χ0) is 11.5. The van der Waals surface area contributed by atoms with Crippen molar-refractivity contribution >= 4 is 26.0 Å². The summed E-state index contributed by atoms with van der Waals surface area (Å²) in [6.45, 7) is 3.43. The Balaban J connectivity index is 2.76. The van der Waals surface area contributed by atoms with Gasteiger partial charge in [-0.25, -0.2) is 13.1 Å². The Bertz CT molecular complexity index is 295. The lowest BCUT2D eigenvalue weighted by atomic mass is 9.84. The summed E-state index contributed by atoms with van der Waals surface area (Å²) >= 11 is 3.44. The zero-order valence-electron chi connectivity index (χ0n) is 9.42. The average molecular weight is 298 g/mol. The van der Waals surface area contributed by atoms with Crippen molar-refractivity contribution in [2.45, 2.75) is 56.7 Å². The molecule has 0 aliphatic heterocycles. The van der Waals surface area contributed by atoms with E-state index in [0.717, 1.165) is 25.7 Å². The van der Waals surface area contributed by atoms with Gasteiger partial charge in [0.05, 0.1) is 5.25 Å². The minimum absolute atomic E-state index is 0.235. The molecule has 0 aromatic heterocycles. The minimum atomic E-state index is -3.15. The summed E-state index contributed by atoms with van der Waals surface area (Å²) in [7, 11) is -3.15. The molecular formula is C10H20BrNO2S. The summed E-state index contributed by atoms with van der Waals surface area (Å²) in [6.07, 6.45) is 5.35. The highest BCUT2D eigenvalue weighted by atomic mass is 79.9. The second-order valence-electron chi connectivity index (χ2n) is 4.67. The highest BCUT2D eigenvalue weighted by Gasteiger charge is 2.35. The quantitative estimate of drug-likeness (QED) is 0.810. The van der Waals surface area contributed by atoms with E-state index in [2.05, 4.69) is 20.7 Å². The lowest BCUT2D eigenvalue weighted by molar-refractivity contribution is 0.300. The molecule has 0 heterocycles. The largest absolute Gasteiger partial charge is 0.214 e. The van der Waals surface area contributed by atoms with Crippen molar-refractivity contribution in [3.05, 3.63) is 0 Å². The van der Waals surface area contributed by atoms with Gasteiger partial charge in [-0.15, -0.1) is 0 Å². The van der Waals surface area contributed by atoms with E-state index in [1.807, 2.05) is 0 Å². The lowest BCUT2D eigenvalue weighted by Gasteiger charge is -2.36. The number of nitrogens with one attached hydrogen (secondary N) is 1. The first-order chi connectivity index (χ1) is 6.92. The third-order valence-corrected chi connectivity index (χ3v) is 6.08. The molecule has 5 heteroatoms.